The molecule has 0 aliphatic carbocycles. The van der Waals surface area contributed by atoms with Gasteiger partial charge >= 0.3 is 0 Å². The molecular weight excluding hydrogens is 392 g/mol. The van der Waals surface area contributed by atoms with Crippen molar-refractivity contribution >= 4 is 21.6 Å². The summed E-state index contributed by atoms with van der Waals surface area (Å²) in [6.07, 6.45) is 0.901. The Morgan fingerprint density at radius 3 is 2.79 bits per heavy atom. The van der Waals surface area contributed by atoms with Crippen LogP contribution >= 0.6 is 0 Å². The van der Waals surface area contributed by atoms with Gasteiger partial charge in [-0.25, -0.2) is 13.1 Å². The second-order valence-corrected chi connectivity index (χ2v) is 9.18. The molecule has 0 unspecified atom stereocenters. The van der Waals surface area contributed by atoms with Crippen LogP contribution in [0, 0.1) is 0 Å². The number of hydrogen-bond acceptors (Lipinski definition) is 5. The second-order valence-electron chi connectivity index (χ2n) is 7.42. The molecule has 0 saturated heterocycles. The number of anilines is 1. The fourth-order valence-corrected chi connectivity index (χ4v) is 4.77. The molecule has 2 heterocycles. The Hall–Kier alpha value is -2.58. The van der Waals surface area contributed by atoms with E-state index < -0.39 is 10.0 Å². The zero-order valence-corrected chi connectivity index (χ0v) is 17.4. The van der Waals surface area contributed by atoms with Crippen LogP contribution in [0.1, 0.15) is 43.4 Å². The Labute approximate surface area is 170 Å². The molecule has 0 fully saturated rings. The smallest absolute Gasteiger partial charge is 0.240 e. The van der Waals surface area contributed by atoms with Crippen LogP contribution in [-0.4, -0.2) is 27.0 Å². The van der Waals surface area contributed by atoms with Crippen LogP contribution in [-0.2, 0) is 27.8 Å². The van der Waals surface area contributed by atoms with Crippen molar-refractivity contribution < 1.29 is 22.7 Å². The Bertz CT molecular complexity index is 1080. The summed E-state index contributed by atoms with van der Waals surface area (Å²) in [5.74, 6) is 0.923. The normalized spacial score (nSPS) is 20.0. The maximum atomic E-state index is 12.9. The van der Waals surface area contributed by atoms with E-state index in [1.807, 2.05) is 26.0 Å². The van der Waals surface area contributed by atoms with E-state index in [1.54, 1.807) is 19.1 Å². The Balaban J connectivity index is 1.58. The monoisotopic (exact) mass is 416 g/mol. The number of ether oxygens (including phenoxy) is 2. The molecule has 4 rings (SSSR count). The molecule has 0 aromatic heterocycles. The van der Waals surface area contributed by atoms with Crippen LogP contribution in [0.25, 0.3) is 0 Å². The van der Waals surface area contributed by atoms with E-state index in [0.717, 1.165) is 23.3 Å². The number of carbonyl (C=O) groups is 1. The molecular formula is C21H24N2O5S. The van der Waals surface area contributed by atoms with Gasteiger partial charge in [0.05, 0.1) is 17.4 Å². The van der Waals surface area contributed by atoms with E-state index in [4.69, 9.17) is 9.47 Å². The minimum atomic E-state index is -3.76. The maximum Gasteiger partial charge on any atom is 0.240 e. The van der Waals surface area contributed by atoms with Crippen LogP contribution in [0.5, 0.6) is 11.5 Å². The molecule has 2 aromatic carbocycles. The zero-order valence-electron chi connectivity index (χ0n) is 16.6. The first-order valence-electron chi connectivity index (χ1n) is 9.68. The van der Waals surface area contributed by atoms with Gasteiger partial charge in [-0.2, -0.15) is 0 Å². The third kappa shape index (κ3) is 3.70. The lowest BCUT2D eigenvalue weighted by molar-refractivity contribution is -0.116. The van der Waals surface area contributed by atoms with Gasteiger partial charge in [0.25, 0.3) is 0 Å². The molecule has 2 aliphatic heterocycles. The SMILES string of the molecule is CCOc1cc2c(cc1CNS(=O)(=O)c1ccc3c(c1)[C@H](C)C(=O)N3)O[C@H](C)C2. The third-order valence-corrected chi connectivity index (χ3v) is 6.68. The molecule has 0 bridgehead atoms. The molecule has 2 aliphatic rings. The minimum Gasteiger partial charge on any atom is -0.494 e. The Kier molecular flexibility index (Phi) is 5.00. The summed E-state index contributed by atoms with van der Waals surface area (Å²) in [6, 6.07) is 8.45. The first kappa shape index (κ1) is 19.7. The number of carbonyl (C=O) groups excluding carboxylic acids is 1. The molecule has 2 atom stereocenters. The van der Waals surface area contributed by atoms with Gasteiger partial charge in [-0.1, -0.05) is 0 Å². The van der Waals surface area contributed by atoms with Crippen molar-refractivity contribution in [3.63, 3.8) is 0 Å². The minimum absolute atomic E-state index is 0.0759. The van der Waals surface area contributed by atoms with E-state index in [1.165, 1.54) is 6.07 Å². The lowest BCUT2D eigenvalue weighted by Crippen LogP contribution is -2.23. The van der Waals surface area contributed by atoms with Crippen molar-refractivity contribution in [1.82, 2.24) is 4.72 Å². The molecule has 0 saturated carbocycles. The van der Waals surface area contributed by atoms with Gasteiger partial charge in [0.2, 0.25) is 15.9 Å². The van der Waals surface area contributed by atoms with Crippen LogP contribution < -0.4 is 19.5 Å². The molecule has 1 amide bonds. The number of fused-ring (bicyclic) bond motifs is 2. The van der Waals surface area contributed by atoms with Crippen LogP contribution in [0.2, 0.25) is 0 Å². The predicted molar refractivity (Wildman–Crippen MR) is 109 cm³/mol. The average molecular weight is 416 g/mol. The molecule has 2 aromatic rings. The van der Waals surface area contributed by atoms with Gasteiger partial charge in [-0.05, 0) is 56.7 Å². The van der Waals surface area contributed by atoms with Crippen molar-refractivity contribution in [1.29, 1.82) is 0 Å². The number of rotatable bonds is 6. The molecule has 2 N–H and O–H groups in total. The van der Waals surface area contributed by atoms with Crippen molar-refractivity contribution in [2.24, 2.45) is 0 Å². The molecule has 8 heteroatoms. The first-order chi connectivity index (χ1) is 13.8. The molecule has 7 nitrogen and oxygen atoms in total. The summed E-state index contributed by atoms with van der Waals surface area (Å²) in [5, 5.41) is 2.75. The van der Waals surface area contributed by atoms with Crippen LogP contribution in [0.3, 0.4) is 0 Å². The number of amides is 1. The Morgan fingerprint density at radius 1 is 1.24 bits per heavy atom. The van der Waals surface area contributed by atoms with Gasteiger partial charge < -0.3 is 14.8 Å². The number of nitrogens with one attached hydrogen (secondary N) is 2. The summed E-state index contributed by atoms with van der Waals surface area (Å²) in [7, 11) is -3.76. The van der Waals surface area contributed by atoms with E-state index >= 15 is 0 Å². The number of sulfonamides is 1. The van der Waals surface area contributed by atoms with Gasteiger partial charge in [0.1, 0.15) is 17.6 Å². The van der Waals surface area contributed by atoms with Crippen molar-refractivity contribution in [3.8, 4) is 11.5 Å². The fraction of sp³-hybridized carbons (Fsp3) is 0.381. The number of benzene rings is 2. The Morgan fingerprint density at radius 2 is 2.03 bits per heavy atom. The summed E-state index contributed by atoms with van der Waals surface area (Å²) in [4.78, 5) is 11.9. The molecule has 0 radical (unpaired) electrons. The molecule has 29 heavy (non-hydrogen) atoms. The maximum absolute atomic E-state index is 12.9. The van der Waals surface area contributed by atoms with Crippen molar-refractivity contribution in [2.45, 2.75) is 50.7 Å². The standard InChI is InChI=1S/C21H24N2O5S/c1-4-27-19-8-14-7-12(2)28-20(14)9-15(19)11-22-29(25,26)16-5-6-18-17(10-16)13(3)21(24)23-18/h5-6,8-10,12-13,22H,4,7,11H2,1-3H3,(H,23,24)/t12-,13+/m1/s1. The van der Waals surface area contributed by atoms with E-state index in [9.17, 15) is 13.2 Å². The summed E-state index contributed by atoms with van der Waals surface area (Å²) in [6.45, 7) is 6.20. The van der Waals surface area contributed by atoms with E-state index in [-0.39, 0.29) is 29.4 Å². The third-order valence-electron chi connectivity index (χ3n) is 5.28. The van der Waals surface area contributed by atoms with E-state index in [2.05, 4.69) is 10.0 Å². The van der Waals surface area contributed by atoms with Crippen molar-refractivity contribution in [2.75, 3.05) is 11.9 Å². The van der Waals surface area contributed by atoms with Crippen LogP contribution in [0.4, 0.5) is 5.69 Å². The lowest BCUT2D eigenvalue weighted by atomic mass is 10.0. The average Bonchev–Trinajstić information content (AvgIpc) is 3.18. The highest BCUT2D eigenvalue weighted by Gasteiger charge is 2.28. The first-order valence-corrected chi connectivity index (χ1v) is 11.2. The zero-order chi connectivity index (χ0) is 20.8. The van der Waals surface area contributed by atoms with Crippen LogP contribution in [0.15, 0.2) is 35.2 Å². The largest absolute Gasteiger partial charge is 0.494 e. The van der Waals surface area contributed by atoms with Gasteiger partial charge in [-0.3, -0.25) is 4.79 Å². The summed E-state index contributed by atoms with van der Waals surface area (Å²) in [5.41, 5.74) is 3.13. The molecule has 0 spiro atoms. The highest BCUT2D eigenvalue weighted by Crippen LogP contribution is 2.36. The summed E-state index contributed by atoms with van der Waals surface area (Å²) >= 11 is 0. The van der Waals surface area contributed by atoms with Gasteiger partial charge in [-0.15, -0.1) is 0 Å². The van der Waals surface area contributed by atoms with E-state index in [0.29, 0.717) is 23.6 Å². The second kappa shape index (κ2) is 7.35. The highest BCUT2D eigenvalue weighted by atomic mass is 32.2. The van der Waals surface area contributed by atoms with Gasteiger partial charge in [0, 0.05) is 29.8 Å². The quantitative estimate of drug-likeness (QED) is 0.755. The van der Waals surface area contributed by atoms with Crippen molar-refractivity contribution in [3.05, 3.63) is 47.0 Å². The fourth-order valence-electron chi connectivity index (χ4n) is 3.73. The topological polar surface area (TPSA) is 93.7 Å². The number of hydrogen-bond donors (Lipinski definition) is 2. The molecule has 154 valence electrons. The van der Waals surface area contributed by atoms with Gasteiger partial charge in [0.15, 0.2) is 0 Å². The summed E-state index contributed by atoms with van der Waals surface area (Å²) < 4.78 is 39.9. The lowest BCUT2D eigenvalue weighted by Gasteiger charge is -2.14. The predicted octanol–water partition coefficient (Wildman–Crippen LogP) is 2.94. The highest BCUT2D eigenvalue weighted by molar-refractivity contribution is 7.89.